The van der Waals surface area contributed by atoms with Gasteiger partial charge >= 0.3 is 6.18 Å². The van der Waals surface area contributed by atoms with Gasteiger partial charge in [0.1, 0.15) is 0 Å². The molecule has 28 heavy (non-hydrogen) atoms. The van der Waals surface area contributed by atoms with E-state index in [4.69, 9.17) is 0 Å². The fraction of sp³-hybridized carbons (Fsp3) is 0.708. The molecule has 0 heterocycles. The molecule has 0 amide bonds. The Kier molecular flexibility index (Phi) is 12.9. The number of ketones is 1. The van der Waals surface area contributed by atoms with Crippen LogP contribution in [0.3, 0.4) is 0 Å². The highest BCUT2D eigenvalue weighted by Gasteiger charge is 2.39. The molecule has 0 aliphatic carbocycles. The molecule has 0 aliphatic rings. The van der Waals surface area contributed by atoms with E-state index in [1.54, 1.807) is 12.1 Å². The number of aryl methyl sites for hydroxylation is 1. The van der Waals surface area contributed by atoms with Crippen LogP contribution >= 0.6 is 0 Å². The highest BCUT2D eigenvalue weighted by Crippen LogP contribution is 2.22. The summed E-state index contributed by atoms with van der Waals surface area (Å²) in [5, 5.41) is 0. The Hall–Kier alpha value is -1.32. The number of hydrogen-bond donors (Lipinski definition) is 0. The molecular formula is C24H37F3O. The van der Waals surface area contributed by atoms with Crippen LogP contribution in [0.1, 0.15) is 113 Å². The van der Waals surface area contributed by atoms with Crippen molar-refractivity contribution in [1.82, 2.24) is 0 Å². The molecule has 0 bridgehead atoms. The first kappa shape index (κ1) is 24.7. The van der Waals surface area contributed by atoms with Crippen molar-refractivity contribution in [3.8, 4) is 0 Å². The summed E-state index contributed by atoms with van der Waals surface area (Å²) in [5.74, 6) is -1.77. The molecule has 0 saturated carbocycles. The number of benzene rings is 1. The summed E-state index contributed by atoms with van der Waals surface area (Å²) >= 11 is 0. The van der Waals surface area contributed by atoms with Crippen LogP contribution in [-0.2, 0) is 6.42 Å². The van der Waals surface area contributed by atoms with Crippen LogP contribution in [0.4, 0.5) is 13.2 Å². The van der Waals surface area contributed by atoms with E-state index in [0.29, 0.717) is 0 Å². The molecule has 0 atom stereocenters. The van der Waals surface area contributed by atoms with E-state index >= 15 is 0 Å². The molecule has 160 valence electrons. The largest absolute Gasteiger partial charge is 0.454 e. The summed E-state index contributed by atoms with van der Waals surface area (Å²) < 4.78 is 37.1. The third-order valence-electron chi connectivity index (χ3n) is 5.29. The number of carbonyl (C=O) groups excluding carboxylic acids is 1. The number of carbonyl (C=O) groups is 1. The number of hydrogen-bond acceptors (Lipinski definition) is 1. The van der Waals surface area contributed by atoms with Crippen molar-refractivity contribution >= 4 is 5.78 Å². The molecule has 0 aliphatic heterocycles. The minimum Gasteiger partial charge on any atom is -0.284 e. The number of halogens is 3. The summed E-state index contributed by atoms with van der Waals surface area (Å²) in [6, 6.07) is 5.85. The van der Waals surface area contributed by atoms with Gasteiger partial charge in [-0.1, -0.05) is 115 Å². The monoisotopic (exact) mass is 398 g/mol. The van der Waals surface area contributed by atoms with Gasteiger partial charge in [0.15, 0.2) is 0 Å². The van der Waals surface area contributed by atoms with Gasteiger partial charge in [-0.15, -0.1) is 0 Å². The highest BCUT2D eigenvalue weighted by molar-refractivity contribution is 6.00. The minimum absolute atomic E-state index is 0.280. The Morgan fingerprint density at radius 2 is 1.07 bits per heavy atom. The quantitative estimate of drug-likeness (QED) is 0.202. The SMILES string of the molecule is CCCCCCCCCCCCCCCCc1ccc(C(=O)C(F)(F)F)cc1. The fourth-order valence-corrected chi connectivity index (χ4v) is 3.51. The Balaban J connectivity index is 1.97. The number of unbranched alkanes of at least 4 members (excludes halogenated alkanes) is 13. The van der Waals surface area contributed by atoms with Gasteiger partial charge in [0, 0.05) is 5.56 Å². The van der Waals surface area contributed by atoms with Gasteiger partial charge in [-0.05, 0) is 18.4 Å². The number of alkyl halides is 3. The molecule has 0 fully saturated rings. The van der Waals surface area contributed by atoms with Gasteiger partial charge in [-0.2, -0.15) is 13.2 Å². The lowest BCUT2D eigenvalue weighted by atomic mass is 10.0. The van der Waals surface area contributed by atoms with Gasteiger partial charge < -0.3 is 0 Å². The molecule has 0 radical (unpaired) electrons. The van der Waals surface area contributed by atoms with E-state index in [-0.39, 0.29) is 5.56 Å². The summed E-state index contributed by atoms with van der Waals surface area (Å²) in [6.07, 6.45) is 14.4. The van der Waals surface area contributed by atoms with Crippen molar-refractivity contribution in [2.24, 2.45) is 0 Å². The zero-order valence-electron chi connectivity index (χ0n) is 17.5. The minimum atomic E-state index is -4.80. The summed E-state index contributed by atoms with van der Waals surface area (Å²) in [5.41, 5.74) is 0.717. The van der Waals surface area contributed by atoms with Crippen LogP contribution in [0.5, 0.6) is 0 Å². The molecule has 0 N–H and O–H groups in total. The van der Waals surface area contributed by atoms with Crippen LogP contribution in [0.25, 0.3) is 0 Å². The van der Waals surface area contributed by atoms with Crippen molar-refractivity contribution in [3.05, 3.63) is 35.4 Å². The van der Waals surface area contributed by atoms with Crippen molar-refractivity contribution in [2.45, 2.75) is 109 Å². The molecule has 0 spiro atoms. The predicted molar refractivity (Wildman–Crippen MR) is 111 cm³/mol. The maximum Gasteiger partial charge on any atom is 0.454 e. The van der Waals surface area contributed by atoms with Crippen molar-refractivity contribution in [2.75, 3.05) is 0 Å². The molecule has 4 heteroatoms. The van der Waals surface area contributed by atoms with Crippen molar-refractivity contribution in [1.29, 1.82) is 0 Å². The summed E-state index contributed by atoms with van der Waals surface area (Å²) in [7, 11) is 0. The van der Waals surface area contributed by atoms with Crippen LogP contribution in [0.15, 0.2) is 24.3 Å². The molecule has 0 saturated heterocycles. The van der Waals surface area contributed by atoms with Gasteiger partial charge in [0.25, 0.3) is 5.78 Å². The second kappa shape index (κ2) is 14.6. The van der Waals surface area contributed by atoms with Gasteiger partial charge in [-0.25, -0.2) is 0 Å². The molecule has 1 rings (SSSR count). The van der Waals surface area contributed by atoms with E-state index in [9.17, 15) is 18.0 Å². The maximum atomic E-state index is 12.4. The van der Waals surface area contributed by atoms with E-state index in [1.807, 2.05) is 0 Å². The molecule has 1 aromatic rings. The average Bonchev–Trinajstić information content (AvgIpc) is 2.67. The topological polar surface area (TPSA) is 17.1 Å². The zero-order valence-corrected chi connectivity index (χ0v) is 17.5. The average molecular weight is 399 g/mol. The van der Waals surface area contributed by atoms with Crippen LogP contribution < -0.4 is 0 Å². The standard InChI is InChI=1S/C24H37F3O/c1-2-3-4-5-6-7-8-9-10-11-12-13-14-15-16-21-17-19-22(20-18-21)23(28)24(25,26)27/h17-20H,2-16H2,1H3. The van der Waals surface area contributed by atoms with E-state index < -0.39 is 12.0 Å². The maximum absolute atomic E-state index is 12.4. The third-order valence-corrected chi connectivity index (χ3v) is 5.29. The smallest absolute Gasteiger partial charge is 0.284 e. The van der Waals surface area contributed by atoms with Gasteiger partial charge in [0.2, 0.25) is 0 Å². The Morgan fingerprint density at radius 1 is 0.679 bits per heavy atom. The van der Waals surface area contributed by atoms with Gasteiger partial charge in [0.05, 0.1) is 0 Å². The first-order chi connectivity index (χ1) is 13.4. The lowest BCUT2D eigenvalue weighted by Crippen LogP contribution is -2.22. The van der Waals surface area contributed by atoms with E-state index in [2.05, 4.69) is 6.92 Å². The first-order valence-electron chi connectivity index (χ1n) is 11.2. The first-order valence-corrected chi connectivity index (χ1v) is 11.2. The van der Waals surface area contributed by atoms with Crippen LogP contribution in [0.2, 0.25) is 0 Å². The van der Waals surface area contributed by atoms with Crippen molar-refractivity contribution < 1.29 is 18.0 Å². The summed E-state index contributed by atoms with van der Waals surface area (Å²) in [4.78, 5) is 11.1. The summed E-state index contributed by atoms with van der Waals surface area (Å²) in [6.45, 7) is 2.25. The molecule has 1 nitrogen and oxygen atoms in total. The van der Waals surface area contributed by atoms with Gasteiger partial charge in [-0.3, -0.25) is 4.79 Å². The third kappa shape index (κ3) is 11.5. The fourth-order valence-electron chi connectivity index (χ4n) is 3.51. The Morgan fingerprint density at radius 3 is 1.46 bits per heavy atom. The lowest BCUT2D eigenvalue weighted by molar-refractivity contribution is -0.0885. The van der Waals surface area contributed by atoms with Crippen LogP contribution in [0, 0.1) is 0 Å². The lowest BCUT2D eigenvalue weighted by Gasteiger charge is -2.06. The Labute approximate surface area is 169 Å². The molecule has 0 aromatic heterocycles. The molecule has 1 aromatic carbocycles. The Bertz CT molecular complexity index is 520. The number of Topliss-reactive ketones (excluding diaryl/α,β-unsaturated/α-hetero) is 1. The second-order valence-electron chi connectivity index (χ2n) is 7.87. The van der Waals surface area contributed by atoms with Crippen LogP contribution in [-0.4, -0.2) is 12.0 Å². The zero-order chi connectivity index (χ0) is 20.7. The highest BCUT2D eigenvalue weighted by atomic mass is 19.4. The predicted octanol–water partition coefficient (Wildman–Crippen LogP) is 8.46. The van der Waals surface area contributed by atoms with E-state index in [1.165, 1.54) is 89.2 Å². The number of rotatable bonds is 16. The van der Waals surface area contributed by atoms with E-state index in [0.717, 1.165) is 24.8 Å². The van der Waals surface area contributed by atoms with Crippen molar-refractivity contribution in [3.63, 3.8) is 0 Å². The molecule has 0 unspecified atom stereocenters. The second-order valence-corrected chi connectivity index (χ2v) is 7.87. The normalized spacial score (nSPS) is 11.7. The molecular weight excluding hydrogens is 361 g/mol.